The summed E-state index contributed by atoms with van der Waals surface area (Å²) >= 11 is -1.78. The number of rotatable bonds is 6. The minimum atomic E-state index is -1.78. The van der Waals surface area contributed by atoms with E-state index in [0.29, 0.717) is 5.71 Å². The van der Waals surface area contributed by atoms with Gasteiger partial charge in [0.1, 0.15) is 0 Å². The number of para-hydroxylation sites is 2. The van der Waals surface area contributed by atoms with Crippen LogP contribution >= 0.6 is 0 Å². The van der Waals surface area contributed by atoms with E-state index in [0.717, 1.165) is 78.1 Å². The second-order valence-electron chi connectivity index (χ2n) is 17.3. The molecule has 9 rings (SSSR count). The van der Waals surface area contributed by atoms with Crippen LogP contribution in [0.25, 0.3) is 72.6 Å². The Balaban J connectivity index is 0.000000220. The molecule has 0 fully saturated rings. The number of aromatic nitrogens is 4. The summed E-state index contributed by atoms with van der Waals surface area (Å²) in [6.07, 6.45) is 2.02. The third-order valence-electron chi connectivity index (χ3n) is 10.7. The fourth-order valence-corrected chi connectivity index (χ4v) is 9.43. The minimum absolute atomic E-state index is 0. The molecule has 299 valence electrons. The van der Waals surface area contributed by atoms with Crippen molar-refractivity contribution in [2.45, 2.75) is 70.1 Å². The Hall–Kier alpha value is -5.14. The molecular formula is C52H50GeIrN4O-2. The fraction of sp³-hybridized carbons (Fsp3) is 0.212. The van der Waals surface area contributed by atoms with E-state index in [9.17, 15) is 0 Å². The largest absolute Gasteiger partial charge is 0 e. The summed E-state index contributed by atoms with van der Waals surface area (Å²) in [4.78, 5) is 14.4. The number of pyridine rings is 2. The van der Waals surface area contributed by atoms with Crippen LogP contribution in [0.2, 0.25) is 17.3 Å². The first kappa shape index (κ1) is 40.6. The minimum Gasteiger partial charge on any atom is 0 e. The predicted octanol–water partition coefficient (Wildman–Crippen LogP) is 13.3. The maximum absolute atomic E-state index is 8.02. The van der Waals surface area contributed by atoms with E-state index in [1.807, 2.05) is 69.4 Å². The third-order valence-corrected chi connectivity index (χ3v) is 15.0. The van der Waals surface area contributed by atoms with Gasteiger partial charge in [-0.1, -0.05) is 80.3 Å². The van der Waals surface area contributed by atoms with Crippen LogP contribution in [0.15, 0.2) is 138 Å². The molecule has 0 amide bonds. The molecule has 4 aromatic heterocycles. The van der Waals surface area contributed by atoms with Crippen LogP contribution in [0.1, 0.15) is 58.7 Å². The standard InChI is InChI=1S/C35H28N3O.C17H22GeN.Ir/c1-22-17-19-26-25-13-10-14-27(32(25)39-34(26)36-22)33-37-29-15-8-9-16-31(29)38(33)30-20-18-24(35(2,3)4)21-28(30)23-11-6-5-7-12-23;1-13(2)14-6-8-15(9-7-14)17-11-10-16(12-19-17)18(3,4)5;/h5-13,15-21H,1-4H3;6-8,10-13H,1-5H3;/q2*-1;/i;13D;. The first-order chi connectivity index (χ1) is 28.1. The van der Waals surface area contributed by atoms with Crippen LogP contribution in [0.5, 0.6) is 0 Å². The van der Waals surface area contributed by atoms with Gasteiger partial charge in [-0.05, 0) is 59.9 Å². The Kier molecular flexibility index (Phi) is 11.6. The van der Waals surface area contributed by atoms with Crippen molar-refractivity contribution < 1.29 is 25.9 Å². The van der Waals surface area contributed by atoms with Crippen molar-refractivity contribution in [1.82, 2.24) is 19.5 Å². The smallest absolute Gasteiger partial charge is 0 e. The first-order valence-electron chi connectivity index (χ1n) is 20.4. The molecule has 0 bridgehead atoms. The molecule has 5 nitrogen and oxygen atoms in total. The average Bonchev–Trinajstić information content (AvgIpc) is 3.78. The molecular weight excluding hydrogens is 961 g/mol. The molecule has 0 spiro atoms. The molecule has 4 heterocycles. The van der Waals surface area contributed by atoms with Gasteiger partial charge in [-0.2, -0.15) is 0 Å². The summed E-state index contributed by atoms with van der Waals surface area (Å²) in [6.45, 7) is 12.5. The van der Waals surface area contributed by atoms with Crippen molar-refractivity contribution in [3.05, 3.63) is 163 Å². The van der Waals surface area contributed by atoms with Gasteiger partial charge in [-0.15, -0.1) is 18.2 Å². The van der Waals surface area contributed by atoms with E-state index >= 15 is 0 Å². The summed E-state index contributed by atoms with van der Waals surface area (Å²) in [6, 6.07) is 50.7. The summed E-state index contributed by atoms with van der Waals surface area (Å²) in [5, 5.41) is 2.00. The van der Waals surface area contributed by atoms with Crippen LogP contribution in [-0.4, -0.2) is 32.8 Å². The molecule has 9 aromatic rings. The predicted molar refractivity (Wildman–Crippen MR) is 245 cm³/mol. The summed E-state index contributed by atoms with van der Waals surface area (Å²) in [5.41, 5.74) is 12.7. The molecule has 0 unspecified atom stereocenters. The van der Waals surface area contributed by atoms with Gasteiger partial charge in [-0.3, -0.25) is 4.98 Å². The van der Waals surface area contributed by atoms with Crippen molar-refractivity contribution >= 4 is 50.8 Å². The van der Waals surface area contributed by atoms with E-state index in [-0.39, 0.29) is 25.5 Å². The molecule has 1 radical (unpaired) electrons. The number of hydrogen-bond donors (Lipinski definition) is 0. The third kappa shape index (κ3) is 8.63. The zero-order chi connectivity index (χ0) is 41.7. The summed E-state index contributed by atoms with van der Waals surface area (Å²) < 4.78 is 18.1. The second-order valence-corrected chi connectivity index (χ2v) is 27.9. The van der Waals surface area contributed by atoms with E-state index in [4.69, 9.17) is 10.8 Å². The number of furan rings is 1. The van der Waals surface area contributed by atoms with Crippen LogP contribution in [0.3, 0.4) is 0 Å². The fourth-order valence-electron chi connectivity index (χ4n) is 7.26. The molecule has 5 aromatic carbocycles. The zero-order valence-corrected chi connectivity index (χ0v) is 39.7. The molecule has 0 saturated heterocycles. The number of imidazole rings is 1. The topological polar surface area (TPSA) is 56.7 Å². The summed E-state index contributed by atoms with van der Waals surface area (Å²) in [7, 11) is 0. The molecule has 0 aliphatic rings. The van der Waals surface area contributed by atoms with Gasteiger partial charge in [0, 0.05) is 42.4 Å². The molecule has 0 saturated carbocycles. The second kappa shape index (κ2) is 16.8. The number of nitrogens with zero attached hydrogens (tertiary/aromatic N) is 4. The zero-order valence-electron chi connectivity index (χ0n) is 36.2. The molecule has 0 aliphatic heterocycles. The Morgan fingerprint density at radius 2 is 1.56 bits per heavy atom. The van der Waals surface area contributed by atoms with E-state index in [2.05, 4.69) is 150 Å². The van der Waals surface area contributed by atoms with Crippen LogP contribution in [0.4, 0.5) is 0 Å². The Bertz CT molecular complexity index is 2880. The van der Waals surface area contributed by atoms with Crippen molar-refractivity contribution in [3.63, 3.8) is 0 Å². The molecule has 0 atom stereocenters. The van der Waals surface area contributed by atoms with Gasteiger partial charge in [0.25, 0.3) is 0 Å². The first-order valence-corrected chi connectivity index (χ1v) is 27.3. The maximum Gasteiger partial charge on any atom is 0 e. The quantitative estimate of drug-likeness (QED) is 0.123. The molecule has 0 N–H and O–H groups in total. The van der Waals surface area contributed by atoms with Gasteiger partial charge >= 0.3 is 120 Å². The Morgan fingerprint density at radius 1 is 0.797 bits per heavy atom. The van der Waals surface area contributed by atoms with Crippen molar-refractivity contribution in [3.8, 4) is 39.5 Å². The Morgan fingerprint density at radius 3 is 2.24 bits per heavy atom. The van der Waals surface area contributed by atoms with Crippen LogP contribution < -0.4 is 4.40 Å². The number of hydrogen-bond acceptors (Lipinski definition) is 4. The molecule has 0 aliphatic carbocycles. The summed E-state index contributed by atoms with van der Waals surface area (Å²) in [5.74, 6) is 7.32. The number of benzene rings is 5. The SMILES string of the molecule is Cc1ccc2c(n1)oc1c(-c3nc4ccccc4n3-c3ccc(C(C)(C)C)cc3-c3ccccc3)[c-]ccc12.[2H]C(C)(C)c1c[c-]c(-c2cc[c]([Ge]([CH3])([CH3])[CH3])cn2)cc1.[Ir]. The van der Waals surface area contributed by atoms with Crippen molar-refractivity contribution in [2.75, 3.05) is 0 Å². The van der Waals surface area contributed by atoms with E-state index < -0.39 is 19.2 Å². The molecule has 59 heavy (non-hydrogen) atoms. The van der Waals surface area contributed by atoms with Crippen molar-refractivity contribution in [1.29, 1.82) is 0 Å². The van der Waals surface area contributed by atoms with Crippen LogP contribution in [0, 0.1) is 19.1 Å². The van der Waals surface area contributed by atoms with Gasteiger partial charge in [-0.25, -0.2) is 4.98 Å². The van der Waals surface area contributed by atoms with Gasteiger partial charge in [0.05, 0.1) is 22.4 Å². The Labute approximate surface area is 366 Å². The maximum atomic E-state index is 8.02. The number of aryl methyl sites for hydroxylation is 1. The van der Waals surface area contributed by atoms with Gasteiger partial charge in [0.2, 0.25) is 5.71 Å². The van der Waals surface area contributed by atoms with Crippen molar-refractivity contribution in [2.24, 2.45) is 0 Å². The number of fused-ring (bicyclic) bond motifs is 4. The van der Waals surface area contributed by atoms with Gasteiger partial charge < -0.3 is 8.98 Å². The monoisotopic (exact) mass is 1010 g/mol. The average molecular weight is 1010 g/mol. The van der Waals surface area contributed by atoms with E-state index in [1.54, 1.807) is 0 Å². The van der Waals surface area contributed by atoms with Crippen LogP contribution in [-0.2, 0) is 25.5 Å². The van der Waals surface area contributed by atoms with E-state index in [1.165, 1.54) is 9.96 Å². The normalized spacial score (nSPS) is 12.3. The molecule has 7 heteroatoms. The van der Waals surface area contributed by atoms with Gasteiger partial charge in [0.15, 0.2) is 0 Å².